The summed E-state index contributed by atoms with van der Waals surface area (Å²) in [4.78, 5) is 12.3. The Labute approximate surface area is 112 Å². The van der Waals surface area contributed by atoms with Gasteiger partial charge in [-0.2, -0.15) is 0 Å². The summed E-state index contributed by atoms with van der Waals surface area (Å²) in [6.45, 7) is 0. The highest BCUT2D eigenvalue weighted by Gasteiger charge is 2.14. The summed E-state index contributed by atoms with van der Waals surface area (Å²) >= 11 is 4.83. The maximum Gasteiger partial charge on any atom is 0.348 e. The molecule has 0 saturated heterocycles. The van der Waals surface area contributed by atoms with Crippen LogP contribution in [0.15, 0.2) is 35.7 Å². The number of hydrogen-bond acceptors (Lipinski definition) is 3. The summed E-state index contributed by atoms with van der Waals surface area (Å²) in [5, 5.41) is 2.71. The first kappa shape index (κ1) is 12.3. The van der Waals surface area contributed by atoms with Crippen molar-refractivity contribution in [1.29, 1.82) is 0 Å². The van der Waals surface area contributed by atoms with Crippen molar-refractivity contribution in [3.05, 3.63) is 46.2 Å². The lowest BCUT2D eigenvalue weighted by Gasteiger charge is -2.04. The van der Waals surface area contributed by atoms with Crippen LogP contribution in [0.25, 0.3) is 11.1 Å². The van der Waals surface area contributed by atoms with Crippen LogP contribution < -0.4 is 0 Å². The third kappa shape index (κ3) is 2.58. The number of alkyl halides is 1. The molecule has 0 aliphatic heterocycles. The van der Waals surface area contributed by atoms with Gasteiger partial charge in [0, 0.05) is 10.9 Å². The second-order valence-corrected chi connectivity index (χ2v) is 4.97. The highest BCUT2D eigenvalue weighted by Crippen LogP contribution is 2.29. The van der Waals surface area contributed by atoms with E-state index in [-0.39, 0.29) is 5.97 Å². The van der Waals surface area contributed by atoms with Crippen molar-refractivity contribution in [2.75, 3.05) is 7.11 Å². The number of methoxy groups -OCH3 is 1. The van der Waals surface area contributed by atoms with Crippen molar-refractivity contribution in [3.8, 4) is 11.1 Å². The number of rotatable bonds is 3. The molecular weight excluding hydrogens is 300 g/mol. The fourth-order valence-electron chi connectivity index (χ4n) is 1.61. The molecule has 0 fully saturated rings. The van der Waals surface area contributed by atoms with E-state index in [9.17, 15) is 4.79 Å². The Bertz CT molecular complexity index is 534. The lowest BCUT2D eigenvalue weighted by Crippen LogP contribution is -1.99. The number of esters is 1. The Kier molecular flexibility index (Phi) is 3.97. The Morgan fingerprint density at radius 3 is 2.94 bits per heavy atom. The summed E-state index contributed by atoms with van der Waals surface area (Å²) in [6, 6.07) is 10.1. The number of thiophene rings is 1. The minimum absolute atomic E-state index is 0.278. The number of ether oxygens (including phenoxy) is 1. The molecule has 0 saturated carbocycles. The number of carbonyl (C=O) groups is 1. The predicted octanol–water partition coefficient (Wildman–Crippen LogP) is 4.10. The smallest absolute Gasteiger partial charge is 0.348 e. The third-order valence-electron chi connectivity index (χ3n) is 2.43. The minimum atomic E-state index is -0.278. The van der Waals surface area contributed by atoms with Gasteiger partial charge in [0.05, 0.1) is 7.11 Å². The number of carbonyl (C=O) groups excluding carboxylic acids is 1. The van der Waals surface area contributed by atoms with Crippen molar-refractivity contribution in [2.24, 2.45) is 0 Å². The van der Waals surface area contributed by atoms with E-state index in [0.29, 0.717) is 4.88 Å². The van der Waals surface area contributed by atoms with E-state index < -0.39 is 0 Å². The number of hydrogen-bond donors (Lipinski definition) is 0. The molecule has 2 nitrogen and oxygen atoms in total. The van der Waals surface area contributed by atoms with Gasteiger partial charge in [0.25, 0.3) is 0 Å². The Balaban J connectivity index is 2.45. The number of benzene rings is 1. The second-order valence-electron chi connectivity index (χ2n) is 3.49. The summed E-state index contributed by atoms with van der Waals surface area (Å²) < 4.78 is 4.78. The fraction of sp³-hybridized carbons (Fsp3) is 0.154. The van der Waals surface area contributed by atoms with Gasteiger partial charge in [0.2, 0.25) is 0 Å². The average molecular weight is 311 g/mol. The zero-order valence-electron chi connectivity index (χ0n) is 9.27. The molecule has 1 heterocycles. The van der Waals surface area contributed by atoms with Gasteiger partial charge in [0.15, 0.2) is 0 Å². The van der Waals surface area contributed by atoms with Crippen molar-refractivity contribution in [2.45, 2.75) is 5.33 Å². The first-order valence-corrected chi connectivity index (χ1v) is 7.07. The van der Waals surface area contributed by atoms with Crippen LogP contribution >= 0.6 is 27.3 Å². The molecule has 0 radical (unpaired) electrons. The molecule has 88 valence electrons. The van der Waals surface area contributed by atoms with Crippen LogP contribution in [0.5, 0.6) is 0 Å². The van der Waals surface area contributed by atoms with Gasteiger partial charge in [0.1, 0.15) is 4.88 Å². The summed E-state index contributed by atoms with van der Waals surface area (Å²) in [5.41, 5.74) is 3.16. The molecule has 1 aromatic heterocycles. The maximum atomic E-state index is 11.6. The monoisotopic (exact) mass is 310 g/mol. The predicted molar refractivity (Wildman–Crippen MR) is 73.7 cm³/mol. The van der Waals surface area contributed by atoms with Crippen LogP contribution in [0.2, 0.25) is 0 Å². The fourth-order valence-corrected chi connectivity index (χ4v) is 2.79. The molecule has 0 aliphatic rings. The van der Waals surface area contributed by atoms with Gasteiger partial charge in [-0.15, -0.1) is 11.3 Å². The first-order valence-electron chi connectivity index (χ1n) is 5.07. The van der Waals surface area contributed by atoms with Crippen LogP contribution in [0.3, 0.4) is 0 Å². The molecular formula is C13H11BrO2S. The van der Waals surface area contributed by atoms with Gasteiger partial charge in [-0.1, -0.05) is 40.2 Å². The molecule has 0 bridgehead atoms. The lowest BCUT2D eigenvalue weighted by molar-refractivity contribution is 0.0607. The minimum Gasteiger partial charge on any atom is -0.465 e. The van der Waals surface area contributed by atoms with Crippen LogP contribution in [0, 0.1) is 0 Å². The van der Waals surface area contributed by atoms with Crippen LogP contribution in [0.1, 0.15) is 15.2 Å². The molecule has 4 heteroatoms. The second kappa shape index (κ2) is 5.47. The molecule has 0 aliphatic carbocycles. The number of halogens is 1. The van der Waals surface area contributed by atoms with Gasteiger partial charge in [-0.05, 0) is 22.6 Å². The van der Waals surface area contributed by atoms with Crippen molar-refractivity contribution in [3.63, 3.8) is 0 Å². The van der Waals surface area contributed by atoms with E-state index in [1.807, 2.05) is 29.6 Å². The van der Waals surface area contributed by atoms with E-state index in [0.717, 1.165) is 16.5 Å². The van der Waals surface area contributed by atoms with Crippen molar-refractivity contribution in [1.82, 2.24) is 0 Å². The summed E-state index contributed by atoms with van der Waals surface area (Å²) in [5.74, 6) is -0.278. The highest BCUT2D eigenvalue weighted by molar-refractivity contribution is 9.08. The Hall–Kier alpha value is -1.13. The van der Waals surface area contributed by atoms with Crippen LogP contribution in [-0.2, 0) is 10.1 Å². The Morgan fingerprint density at radius 2 is 2.24 bits per heavy atom. The largest absolute Gasteiger partial charge is 0.465 e. The molecule has 0 amide bonds. The SMILES string of the molecule is COC(=O)c1sccc1-c1cccc(CBr)c1. The molecule has 17 heavy (non-hydrogen) atoms. The molecule has 0 spiro atoms. The van der Waals surface area contributed by atoms with Crippen molar-refractivity contribution >= 4 is 33.2 Å². The quantitative estimate of drug-likeness (QED) is 0.630. The van der Waals surface area contributed by atoms with E-state index >= 15 is 0 Å². The maximum absolute atomic E-state index is 11.6. The van der Waals surface area contributed by atoms with E-state index in [4.69, 9.17) is 4.74 Å². The molecule has 2 rings (SSSR count). The molecule has 2 aromatic rings. The van der Waals surface area contributed by atoms with E-state index in [1.165, 1.54) is 24.0 Å². The van der Waals surface area contributed by atoms with E-state index in [2.05, 4.69) is 22.0 Å². The van der Waals surface area contributed by atoms with Gasteiger partial charge in [-0.25, -0.2) is 4.79 Å². The summed E-state index contributed by atoms with van der Waals surface area (Å²) in [6.07, 6.45) is 0. The topological polar surface area (TPSA) is 26.3 Å². The first-order chi connectivity index (χ1) is 8.26. The average Bonchev–Trinajstić information content (AvgIpc) is 2.87. The zero-order valence-corrected chi connectivity index (χ0v) is 11.7. The van der Waals surface area contributed by atoms with Crippen LogP contribution in [0.4, 0.5) is 0 Å². The standard InChI is InChI=1S/C13H11BrO2S/c1-16-13(15)12-11(5-6-17-12)10-4-2-3-9(7-10)8-14/h2-7H,8H2,1H3. The third-order valence-corrected chi connectivity index (χ3v) is 3.97. The highest BCUT2D eigenvalue weighted by atomic mass is 79.9. The van der Waals surface area contributed by atoms with Crippen molar-refractivity contribution < 1.29 is 9.53 Å². The molecule has 0 N–H and O–H groups in total. The van der Waals surface area contributed by atoms with Crippen LogP contribution in [-0.4, -0.2) is 13.1 Å². The van der Waals surface area contributed by atoms with E-state index in [1.54, 1.807) is 0 Å². The zero-order chi connectivity index (χ0) is 12.3. The normalized spacial score (nSPS) is 10.2. The molecule has 0 atom stereocenters. The lowest BCUT2D eigenvalue weighted by atomic mass is 10.0. The van der Waals surface area contributed by atoms with Gasteiger partial charge >= 0.3 is 5.97 Å². The Morgan fingerprint density at radius 1 is 1.41 bits per heavy atom. The summed E-state index contributed by atoms with van der Waals surface area (Å²) in [7, 11) is 1.40. The molecule has 1 aromatic carbocycles. The molecule has 0 unspecified atom stereocenters. The van der Waals surface area contributed by atoms with Gasteiger partial charge in [-0.3, -0.25) is 0 Å². The van der Waals surface area contributed by atoms with Gasteiger partial charge < -0.3 is 4.74 Å².